The van der Waals surface area contributed by atoms with E-state index in [4.69, 9.17) is 4.42 Å². The third-order valence-corrected chi connectivity index (χ3v) is 5.87. The van der Waals surface area contributed by atoms with E-state index in [0.717, 1.165) is 43.4 Å². The number of imidazole rings is 1. The quantitative estimate of drug-likeness (QED) is 0.372. The number of carbonyl (C=O) groups is 1. The summed E-state index contributed by atoms with van der Waals surface area (Å²) >= 11 is 0. The summed E-state index contributed by atoms with van der Waals surface area (Å²) in [5, 5.41) is 2.50. The van der Waals surface area contributed by atoms with Gasteiger partial charge in [-0.15, -0.1) is 0 Å². The zero-order chi connectivity index (χ0) is 22.9. The summed E-state index contributed by atoms with van der Waals surface area (Å²) in [6.07, 6.45) is 6.02. The van der Waals surface area contributed by atoms with E-state index in [2.05, 4.69) is 14.9 Å². The molecule has 0 radical (unpaired) electrons. The van der Waals surface area contributed by atoms with E-state index in [-0.39, 0.29) is 23.3 Å². The Morgan fingerprint density at radius 3 is 2.45 bits per heavy atom. The molecule has 0 aliphatic heterocycles. The van der Waals surface area contributed by atoms with Crippen LogP contribution in [0.1, 0.15) is 42.3 Å². The van der Waals surface area contributed by atoms with Gasteiger partial charge in [0.1, 0.15) is 11.5 Å². The average molecular weight is 451 g/mol. The SMILES string of the molecule is O=C(Nc1ccc(F)c(F)c1)c1ccc(-c2c(-c3ccc(F)cc3)ncn2C2CCCC2)o1. The van der Waals surface area contributed by atoms with Gasteiger partial charge in [-0.2, -0.15) is 0 Å². The van der Waals surface area contributed by atoms with Crippen LogP contribution in [0, 0.1) is 17.5 Å². The molecule has 1 amide bonds. The third kappa shape index (κ3) is 4.16. The fraction of sp³-hybridized carbons (Fsp3) is 0.200. The molecule has 33 heavy (non-hydrogen) atoms. The van der Waals surface area contributed by atoms with Crippen molar-refractivity contribution in [2.24, 2.45) is 0 Å². The summed E-state index contributed by atoms with van der Waals surface area (Å²) in [6.45, 7) is 0. The Hall–Kier alpha value is -3.81. The number of nitrogens with one attached hydrogen (secondary N) is 1. The Bertz CT molecular complexity index is 1300. The predicted molar refractivity (Wildman–Crippen MR) is 117 cm³/mol. The van der Waals surface area contributed by atoms with Gasteiger partial charge in [0.25, 0.3) is 5.91 Å². The van der Waals surface area contributed by atoms with Gasteiger partial charge in [0.2, 0.25) is 0 Å². The number of hydrogen-bond acceptors (Lipinski definition) is 3. The summed E-state index contributed by atoms with van der Waals surface area (Å²) in [5.74, 6) is -2.54. The van der Waals surface area contributed by atoms with Crippen LogP contribution in [0.2, 0.25) is 0 Å². The lowest BCUT2D eigenvalue weighted by Gasteiger charge is -2.15. The summed E-state index contributed by atoms with van der Waals surface area (Å²) in [4.78, 5) is 17.2. The fourth-order valence-corrected chi connectivity index (χ4v) is 4.24. The molecule has 8 heteroatoms. The normalized spacial score (nSPS) is 14.0. The van der Waals surface area contributed by atoms with Crippen LogP contribution in [0.4, 0.5) is 18.9 Å². The zero-order valence-electron chi connectivity index (χ0n) is 17.5. The van der Waals surface area contributed by atoms with Crippen molar-refractivity contribution >= 4 is 11.6 Å². The lowest BCUT2D eigenvalue weighted by molar-refractivity contribution is 0.0997. The van der Waals surface area contributed by atoms with Crippen molar-refractivity contribution in [3.05, 3.63) is 84.1 Å². The van der Waals surface area contributed by atoms with E-state index >= 15 is 0 Å². The van der Waals surface area contributed by atoms with Crippen molar-refractivity contribution in [2.75, 3.05) is 5.32 Å². The molecule has 2 heterocycles. The lowest BCUT2D eigenvalue weighted by Crippen LogP contribution is -2.11. The second-order valence-electron chi connectivity index (χ2n) is 8.04. The summed E-state index contributed by atoms with van der Waals surface area (Å²) < 4.78 is 48.0. The highest BCUT2D eigenvalue weighted by Gasteiger charge is 2.26. The molecule has 2 aromatic carbocycles. The standard InChI is InChI=1S/C25H20F3N3O2/c26-16-7-5-15(6-8-16)23-24(31(14-29-23)18-3-1-2-4-18)21-11-12-22(33-21)25(32)30-17-9-10-19(27)20(28)13-17/h5-14,18H,1-4H2,(H,30,32). The van der Waals surface area contributed by atoms with Gasteiger partial charge in [0.15, 0.2) is 23.2 Å². The van der Waals surface area contributed by atoms with Crippen LogP contribution in [0.3, 0.4) is 0 Å². The van der Waals surface area contributed by atoms with Crippen LogP contribution in [-0.2, 0) is 0 Å². The van der Waals surface area contributed by atoms with Crippen molar-refractivity contribution in [1.29, 1.82) is 0 Å². The largest absolute Gasteiger partial charge is 0.449 e. The third-order valence-electron chi connectivity index (χ3n) is 5.87. The molecule has 1 aliphatic rings. The number of benzene rings is 2. The number of halogens is 3. The first-order valence-corrected chi connectivity index (χ1v) is 10.7. The zero-order valence-corrected chi connectivity index (χ0v) is 17.5. The Morgan fingerprint density at radius 2 is 1.73 bits per heavy atom. The maximum Gasteiger partial charge on any atom is 0.291 e. The van der Waals surface area contributed by atoms with Gasteiger partial charge in [0.05, 0.1) is 12.0 Å². The van der Waals surface area contributed by atoms with Crippen LogP contribution < -0.4 is 5.32 Å². The highest BCUT2D eigenvalue weighted by molar-refractivity contribution is 6.02. The van der Waals surface area contributed by atoms with E-state index in [1.54, 1.807) is 24.5 Å². The van der Waals surface area contributed by atoms with E-state index in [0.29, 0.717) is 17.1 Å². The van der Waals surface area contributed by atoms with Crippen LogP contribution >= 0.6 is 0 Å². The second-order valence-corrected chi connectivity index (χ2v) is 8.04. The van der Waals surface area contributed by atoms with Gasteiger partial charge in [-0.3, -0.25) is 4.79 Å². The monoisotopic (exact) mass is 451 g/mol. The number of amides is 1. The summed E-state index contributed by atoms with van der Waals surface area (Å²) in [7, 11) is 0. The molecule has 2 aromatic heterocycles. The minimum atomic E-state index is -1.06. The molecular weight excluding hydrogens is 431 g/mol. The van der Waals surface area contributed by atoms with Gasteiger partial charge >= 0.3 is 0 Å². The second kappa shape index (κ2) is 8.61. The number of carbonyl (C=O) groups excluding carboxylic acids is 1. The first-order chi connectivity index (χ1) is 16.0. The Labute approximate surface area is 187 Å². The van der Waals surface area contributed by atoms with Crippen LogP contribution in [0.5, 0.6) is 0 Å². The maximum absolute atomic E-state index is 13.5. The molecule has 0 atom stereocenters. The number of furan rings is 1. The molecule has 5 nitrogen and oxygen atoms in total. The first kappa shape index (κ1) is 21.1. The van der Waals surface area contributed by atoms with Crippen molar-refractivity contribution < 1.29 is 22.4 Å². The maximum atomic E-state index is 13.5. The molecule has 0 bridgehead atoms. The van der Waals surface area contributed by atoms with E-state index < -0.39 is 17.5 Å². The molecule has 0 spiro atoms. The Morgan fingerprint density at radius 1 is 0.970 bits per heavy atom. The van der Waals surface area contributed by atoms with E-state index in [1.807, 2.05) is 0 Å². The molecule has 4 aromatic rings. The molecule has 1 aliphatic carbocycles. The number of anilines is 1. The minimum absolute atomic E-state index is 0.0129. The van der Waals surface area contributed by atoms with Crippen molar-refractivity contribution in [2.45, 2.75) is 31.7 Å². The summed E-state index contributed by atoms with van der Waals surface area (Å²) in [5.41, 5.74) is 2.18. The molecule has 0 saturated heterocycles. The molecule has 5 rings (SSSR count). The van der Waals surface area contributed by atoms with Gasteiger partial charge in [-0.05, 0) is 61.4 Å². The minimum Gasteiger partial charge on any atom is -0.449 e. The van der Waals surface area contributed by atoms with Crippen LogP contribution in [-0.4, -0.2) is 15.5 Å². The van der Waals surface area contributed by atoms with Crippen molar-refractivity contribution in [3.8, 4) is 22.7 Å². The van der Waals surface area contributed by atoms with Gasteiger partial charge in [0, 0.05) is 23.4 Å². The highest BCUT2D eigenvalue weighted by Crippen LogP contribution is 2.39. The van der Waals surface area contributed by atoms with Gasteiger partial charge in [-0.1, -0.05) is 12.8 Å². The fourth-order valence-electron chi connectivity index (χ4n) is 4.24. The first-order valence-electron chi connectivity index (χ1n) is 10.7. The number of rotatable bonds is 5. The summed E-state index contributed by atoms with van der Waals surface area (Å²) in [6, 6.07) is 12.6. The van der Waals surface area contributed by atoms with Gasteiger partial charge in [-0.25, -0.2) is 18.2 Å². The molecule has 168 valence electrons. The number of aromatic nitrogens is 2. The molecule has 0 unspecified atom stereocenters. The number of hydrogen-bond donors (Lipinski definition) is 1. The van der Waals surface area contributed by atoms with Crippen molar-refractivity contribution in [3.63, 3.8) is 0 Å². The van der Waals surface area contributed by atoms with Crippen molar-refractivity contribution in [1.82, 2.24) is 9.55 Å². The molecule has 1 saturated carbocycles. The molecule has 1 N–H and O–H groups in total. The highest BCUT2D eigenvalue weighted by atomic mass is 19.2. The lowest BCUT2D eigenvalue weighted by atomic mass is 10.1. The van der Waals surface area contributed by atoms with Gasteiger partial charge < -0.3 is 14.3 Å². The van der Waals surface area contributed by atoms with E-state index in [1.165, 1.54) is 24.3 Å². The Balaban J connectivity index is 1.49. The molecule has 1 fully saturated rings. The smallest absolute Gasteiger partial charge is 0.291 e. The van der Waals surface area contributed by atoms with Crippen LogP contribution in [0.15, 0.2) is 65.3 Å². The predicted octanol–water partition coefficient (Wildman–Crippen LogP) is 6.59. The number of nitrogens with zero attached hydrogens (tertiary/aromatic N) is 2. The van der Waals surface area contributed by atoms with Crippen LogP contribution in [0.25, 0.3) is 22.7 Å². The van der Waals surface area contributed by atoms with E-state index in [9.17, 15) is 18.0 Å². The Kier molecular flexibility index (Phi) is 5.50. The topological polar surface area (TPSA) is 60.1 Å². The molecular formula is C25H20F3N3O2. The average Bonchev–Trinajstić information content (AvgIpc) is 3.56.